The molecule has 2 aromatic carbocycles. The lowest BCUT2D eigenvalue weighted by Crippen LogP contribution is -2.25. The fourth-order valence-electron chi connectivity index (χ4n) is 3.25. The van der Waals surface area contributed by atoms with E-state index < -0.39 is 0 Å². The van der Waals surface area contributed by atoms with E-state index >= 15 is 0 Å². The van der Waals surface area contributed by atoms with E-state index in [1.165, 1.54) is 36.2 Å². The fourth-order valence-corrected chi connectivity index (χ4v) is 3.25. The van der Waals surface area contributed by atoms with Crippen LogP contribution in [-0.4, -0.2) is 12.6 Å². The Morgan fingerprint density at radius 3 is 2.40 bits per heavy atom. The molecule has 0 atom stereocenters. The van der Waals surface area contributed by atoms with Crippen molar-refractivity contribution in [3.05, 3.63) is 72.2 Å². The Hall–Kier alpha value is -2.29. The molecule has 0 spiro atoms. The molecule has 2 nitrogen and oxygen atoms in total. The van der Waals surface area contributed by atoms with Gasteiger partial charge in [-0.1, -0.05) is 25.6 Å². The van der Waals surface area contributed by atoms with Crippen LogP contribution in [0.1, 0.15) is 38.7 Å². The highest BCUT2D eigenvalue weighted by molar-refractivity contribution is 5.55. The molecule has 25 heavy (non-hydrogen) atoms. The van der Waals surface area contributed by atoms with E-state index in [9.17, 15) is 4.39 Å². The highest BCUT2D eigenvalue weighted by atomic mass is 19.1. The van der Waals surface area contributed by atoms with Crippen LogP contribution in [0, 0.1) is 5.82 Å². The van der Waals surface area contributed by atoms with Crippen LogP contribution in [0.3, 0.4) is 0 Å². The Balaban J connectivity index is 1.84. The van der Waals surface area contributed by atoms with Gasteiger partial charge in [-0.25, -0.2) is 4.39 Å². The summed E-state index contributed by atoms with van der Waals surface area (Å²) in [6.07, 6.45) is 3.46. The van der Waals surface area contributed by atoms with Crippen molar-refractivity contribution in [1.29, 1.82) is 0 Å². The normalized spacial score (nSPS) is 13.6. The van der Waals surface area contributed by atoms with E-state index in [-0.39, 0.29) is 5.82 Å². The van der Waals surface area contributed by atoms with Gasteiger partial charge in [-0.05, 0) is 68.1 Å². The number of halogens is 1. The van der Waals surface area contributed by atoms with Crippen LogP contribution in [0.5, 0.6) is 0 Å². The molecule has 0 saturated heterocycles. The van der Waals surface area contributed by atoms with E-state index in [0.29, 0.717) is 6.04 Å². The largest absolute Gasteiger partial charge is 0.369 e. The molecule has 0 aliphatic heterocycles. The first-order chi connectivity index (χ1) is 12.1. The third kappa shape index (κ3) is 4.22. The second-order valence-corrected chi connectivity index (χ2v) is 6.67. The first-order valence-electron chi connectivity index (χ1n) is 9.18. The Morgan fingerprint density at radius 2 is 1.80 bits per heavy atom. The van der Waals surface area contributed by atoms with Crippen LogP contribution >= 0.6 is 0 Å². The van der Waals surface area contributed by atoms with E-state index in [1.807, 2.05) is 12.1 Å². The molecule has 1 saturated carbocycles. The van der Waals surface area contributed by atoms with Gasteiger partial charge < -0.3 is 9.80 Å². The summed E-state index contributed by atoms with van der Waals surface area (Å²) < 4.78 is 13.3. The van der Waals surface area contributed by atoms with Gasteiger partial charge in [-0.3, -0.25) is 0 Å². The van der Waals surface area contributed by atoms with Crippen molar-refractivity contribution < 1.29 is 4.39 Å². The van der Waals surface area contributed by atoms with Gasteiger partial charge >= 0.3 is 0 Å². The van der Waals surface area contributed by atoms with E-state index in [0.717, 1.165) is 30.9 Å². The van der Waals surface area contributed by atoms with Crippen LogP contribution in [0.2, 0.25) is 0 Å². The second kappa shape index (κ2) is 7.73. The van der Waals surface area contributed by atoms with Crippen molar-refractivity contribution >= 4 is 11.4 Å². The topological polar surface area (TPSA) is 6.48 Å². The first-order valence-corrected chi connectivity index (χ1v) is 9.18. The molecule has 0 N–H and O–H groups in total. The molecule has 3 heteroatoms. The minimum Gasteiger partial charge on any atom is -0.369 e. The number of nitrogens with zero attached hydrogens (tertiary/aromatic N) is 2. The smallest absolute Gasteiger partial charge is 0.123 e. The summed E-state index contributed by atoms with van der Waals surface area (Å²) >= 11 is 0. The summed E-state index contributed by atoms with van der Waals surface area (Å²) in [4.78, 5) is 4.66. The van der Waals surface area contributed by atoms with E-state index in [2.05, 4.69) is 54.5 Å². The molecule has 2 aromatic rings. The molecule has 1 aliphatic rings. The zero-order valence-corrected chi connectivity index (χ0v) is 15.2. The van der Waals surface area contributed by atoms with Crippen LogP contribution in [0.4, 0.5) is 15.8 Å². The predicted molar refractivity (Wildman–Crippen MR) is 104 cm³/mol. The standard InChI is InChI=1S/C22H27FN2/c1-4-17(3)25(21-11-9-19(23)10-12-21)16-18-7-6-8-22(15-18)24(5-2)20-13-14-20/h6-12,15,20H,3-5,13-14,16H2,1-2H3. The van der Waals surface area contributed by atoms with E-state index in [1.54, 1.807) is 0 Å². The van der Waals surface area contributed by atoms with Crippen molar-refractivity contribution in [3.8, 4) is 0 Å². The van der Waals surface area contributed by atoms with Crippen LogP contribution < -0.4 is 9.80 Å². The molecule has 1 fully saturated rings. The average Bonchev–Trinajstić information content (AvgIpc) is 3.46. The zero-order valence-electron chi connectivity index (χ0n) is 15.2. The zero-order chi connectivity index (χ0) is 17.8. The molecule has 1 aliphatic carbocycles. The molecule has 0 radical (unpaired) electrons. The van der Waals surface area contributed by atoms with Crippen LogP contribution in [-0.2, 0) is 6.54 Å². The molecular weight excluding hydrogens is 311 g/mol. The number of rotatable bonds is 8. The fraction of sp³-hybridized carbons (Fsp3) is 0.364. The molecule has 0 bridgehead atoms. The molecule has 0 heterocycles. The quantitative estimate of drug-likeness (QED) is 0.605. The minimum absolute atomic E-state index is 0.212. The Kier molecular flexibility index (Phi) is 5.42. The van der Waals surface area contributed by atoms with Crippen molar-refractivity contribution in [3.63, 3.8) is 0 Å². The van der Waals surface area contributed by atoms with Crippen molar-refractivity contribution in [2.24, 2.45) is 0 Å². The lowest BCUT2D eigenvalue weighted by atomic mass is 10.1. The van der Waals surface area contributed by atoms with Gasteiger partial charge in [-0.2, -0.15) is 0 Å². The Morgan fingerprint density at radius 1 is 1.08 bits per heavy atom. The molecule has 0 amide bonds. The summed E-state index contributed by atoms with van der Waals surface area (Å²) in [5.74, 6) is -0.212. The van der Waals surface area contributed by atoms with Gasteiger partial charge in [-0.15, -0.1) is 0 Å². The predicted octanol–water partition coefficient (Wildman–Crippen LogP) is 5.74. The van der Waals surface area contributed by atoms with Gasteiger partial charge in [0.25, 0.3) is 0 Å². The SMILES string of the molecule is C=C(CC)N(Cc1cccc(N(CC)C2CC2)c1)c1ccc(F)cc1. The average molecular weight is 338 g/mol. The van der Waals surface area contributed by atoms with Gasteiger partial charge in [0.15, 0.2) is 0 Å². The maximum absolute atomic E-state index is 13.3. The van der Waals surface area contributed by atoms with Crippen LogP contribution in [0.15, 0.2) is 60.8 Å². The number of anilines is 2. The lowest BCUT2D eigenvalue weighted by Gasteiger charge is -2.28. The number of hydrogen-bond acceptors (Lipinski definition) is 2. The van der Waals surface area contributed by atoms with E-state index in [4.69, 9.17) is 0 Å². The molecular formula is C22H27FN2. The van der Waals surface area contributed by atoms with Gasteiger partial charge in [0.2, 0.25) is 0 Å². The highest BCUT2D eigenvalue weighted by Gasteiger charge is 2.28. The second-order valence-electron chi connectivity index (χ2n) is 6.67. The van der Waals surface area contributed by atoms with Crippen LogP contribution in [0.25, 0.3) is 0 Å². The third-order valence-corrected chi connectivity index (χ3v) is 4.84. The minimum atomic E-state index is -0.212. The third-order valence-electron chi connectivity index (χ3n) is 4.84. The summed E-state index contributed by atoms with van der Waals surface area (Å²) in [7, 11) is 0. The van der Waals surface area contributed by atoms with Gasteiger partial charge in [0.1, 0.15) is 5.82 Å². The monoisotopic (exact) mass is 338 g/mol. The molecule has 3 rings (SSSR count). The number of allylic oxidation sites excluding steroid dienone is 1. The Bertz CT molecular complexity index is 719. The lowest BCUT2D eigenvalue weighted by molar-refractivity contribution is 0.627. The maximum Gasteiger partial charge on any atom is 0.123 e. The van der Waals surface area contributed by atoms with Gasteiger partial charge in [0.05, 0.1) is 0 Å². The summed E-state index contributed by atoms with van der Waals surface area (Å²) in [6, 6.07) is 16.1. The van der Waals surface area contributed by atoms with Crippen molar-refractivity contribution in [1.82, 2.24) is 0 Å². The summed E-state index contributed by atoms with van der Waals surface area (Å²) in [6.45, 7) is 10.3. The maximum atomic E-state index is 13.3. The van der Waals surface area contributed by atoms with Gasteiger partial charge in [0, 0.05) is 36.2 Å². The van der Waals surface area contributed by atoms with Crippen molar-refractivity contribution in [2.75, 3.05) is 16.3 Å². The number of hydrogen-bond donors (Lipinski definition) is 0. The summed E-state index contributed by atoms with van der Waals surface area (Å²) in [5, 5.41) is 0. The summed E-state index contributed by atoms with van der Waals surface area (Å²) in [5.41, 5.74) is 4.55. The molecule has 132 valence electrons. The highest BCUT2D eigenvalue weighted by Crippen LogP contribution is 2.32. The first kappa shape index (κ1) is 17.5. The van der Waals surface area contributed by atoms with Crippen molar-refractivity contribution in [2.45, 2.75) is 45.7 Å². The number of benzene rings is 2. The molecule has 0 unspecified atom stereocenters. The molecule has 0 aromatic heterocycles. The Labute approximate surface area is 150 Å².